The Bertz CT molecular complexity index is 738. The Morgan fingerprint density at radius 2 is 1.78 bits per heavy atom. The van der Waals surface area contributed by atoms with Crippen LogP contribution in [0.4, 0.5) is 10.7 Å². The lowest BCUT2D eigenvalue weighted by Crippen LogP contribution is -2.61. The van der Waals surface area contributed by atoms with E-state index in [1.54, 1.807) is 7.05 Å². The van der Waals surface area contributed by atoms with E-state index in [4.69, 9.17) is 0 Å². The standard InChI is InChI=1S/C16H24N5O2/c1-9(2)21-10(16(3,4)5)8-20-11-12(17-14(20)21)18(6)15(23)19(7)13(11)22/h8-9,11H,1-7H3/q+1. The van der Waals surface area contributed by atoms with Gasteiger partial charge >= 0.3 is 12.0 Å². The van der Waals surface area contributed by atoms with Crippen LogP contribution in [0.1, 0.15) is 52.4 Å². The topological polar surface area (TPSA) is 61.8 Å². The van der Waals surface area contributed by atoms with E-state index < -0.39 is 6.04 Å². The lowest BCUT2D eigenvalue weighted by molar-refractivity contribution is -0.677. The number of hydrogen-bond acceptors (Lipinski definition) is 3. The van der Waals surface area contributed by atoms with Crippen molar-refractivity contribution in [2.75, 3.05) is 14.1 Å². The van der Waals surface area contributed by atoms with Gasteiger partial charge in [-0.05, 0) is 13.8 Å². The molecule has 23 heavy (non-hydrogen) atoms. The van der Waals surface area contributed by atoms with Crippen LogP contribution in [-0.4, -0.2) is 46.2 Å². The molecule has 1 atom stereocenters. The van der Waals surface area contributed by atoms with Gasteiger partial charge in [0, 0.05) is 19.5 Å². The first-order valence-electron chi connectivity index (χ1n) is 7.86. The van der Waals surface area contributed by atoms with E-state index in [0.29, 0.717) is 5.84 Å². The zero-order valence-corrected chi connectivity index (χ0v) is 14.8. The molecule has 0 bridgehead atoms. The van der Waals surface area contributed by atoms with E-state index in [1.165, 1.54) is 11.9 Å². The van der Waals surface area contributed by atoms with Crippen molar-refractivity contribution in [3.63, 3.8) is 0 Å². The number of hydrogen-bond donors (Lipinski definition) is 0. The molecule has 1 fully saturated rings. The molecule has 3 heterocycles. The lowest BCUT2D eigenvalue weighted by atomic mass is 9.92. The maximum Gasteiger partial charge on any atom is 0.402 e. The molecule has 0 aromatic carbocycles. The van der Waals surface area contributed by atoms with Gasteiger partial charge in [-0.1, -0.05) is 25.8 Å². The van der Waals surface area contributed by atoms with Gasteiger partial charge in [0.2, 0.25) is 11.9 Å². The van der Waals surface area contributed by atoms with Crippen LogP contribution in [0.2, 0.25) is 0 Å². The summed E-state index contributed by atoms with van der Waals surface area (Å²) >= 11 is 0. The monoisotopic (exact) mass is 318 g/mol. The first kappa shape index (κ1) is 15.7. The number of imidazole rings is 1. The molecule has 3 rings (SSSR count). The molecule has 2 aliphatic rings. The molecule has 7 nitrogen and oxygen atoms in total. The molecule has 1 aromatic heterocycles. The third kappa shape index (κ3) is 2.02. The molecule has 0 spiro atoms. The van der Waals surface area contributed by atoms with E-state index in [2.05, 4.69) is 44.2 Å². The number of likely N-dealkylation sites (N-methyl/N-ethyl adjacent to an activating group) is 2. The van der Waals surface area contributed by atoms with Crippen LogP contribution in [0.25, 0.3) is 0 Å². The third-order valence-electron chi connectivity index (χ3n) is 4.47. The highest BCUT2D eigenvalue weighted by Crippen LogP contribution is 2.34. The molecule has 2 aliphatic heterocycles. The van der Waals surface area contributed by atoms with Gasteiger partial charge in [-0.3, -0.25) is 14.6 Å². The van der Waals surface area contributed by atoms with Crippen molar-refractivity contribution in [3.05, 3.63) is 11.9 Å². The fourth-order valence-electron chi connectivity index (χ4n) is 3.23. The molecule has 124 valence electrons. The summed E-state index contributed by atoms with van der Waals surface area (Å²) in [7, 11) is 3.18. The third-order valence-corrected chi connectivity index (χ3v) is 4.47. The van der Waals surface area contributed by atoms with Gasteiger partial charge in [0.1, 0.15) is 11.9 Å². The summed E-state index contributed by atoms with van der Waals surface area (Å²) in [5.74, 6) is 0.994. The van der Waals surface area contributed by atoms with Crippen molar-refractivity contribution < 1.29 is 14.2 Å². The normalized spacial score (nSPS) is 21.0. The fraction of sp³-hybridized carbons (Fsp3) is 0.625. The van der Waals surface area contributed by atoms with Crippen LogP contribution in [0.15, 0.2) is 11.2 Å². The molecular formula is C16H24N5O2+. The van der Waals surface area contributed by atoms with Gasteiger partial charge in [-0.2, -0.15) is 0 Å². The Labute approximate surface area is 136 Å². The minimum atomic E-state index is -0.557. The molecule has 0 radical (unpaired) electrons. The van der Waals surface area contributed by atoms with E-state index in [9.17, 15) is 9.59 Å². The van der Waals surface area contributed by atoms with Gasteiger partial charge in [0.15, 0.2) is 0 Å². The molecule has 7 heteroatoms. The zero-order valence-electron chi connectivity index (χ0n) is 14.8. The molecule has 3 amide bonds. The van der Waals surface area contributed by atoms with Gasteiger partial charge in [0.05, 0.1) is 6.04 Å². The van der Waals surface area contributed by atoms with Crippen LogP contribution in [0, 0.1) is 0 Å². The van der Waals surface area contributed by atoms with Crippen molar-refractivity contribution >= 4 is 23.7 Å². The van der Waals surface area contributed by atoms with Crippen LogP contribution in [0.3, 0.4) is 0 Å². The number of urea groups is 1. The Kier molecular flexibility index (Phi) is 3.18. The molecule has 0 aliphatic carbocycles. The van der Waals surface area contributed by atoms with Gasteiger partial charge in [0.25, 0.3) is 5.91 Å². The first-order valence-corrected chi connectivity index (χ1v) is 7.86. The van der Waals surface area contributed by atoms with E-state index in [0.717, 1.165) is 16.5 Å². The molecule has 1 saturated heterocycles. The van der Waals surface area contributed by atoms with Crippen molar-refractivity contribution in [2.45, 2.75) is 52.1 Å². The number of amides is 3. The van der Waals surface area contributed by atoms with Crippen molar-refractivity contribution in [1.29, 1.82) is 0 Å². The number of carbonyl (C=O) groups is 2. The highest BCUT2D eigenvalue weighted by Gasteiger charge is 2.53. The number of imide groups is 1. The largest absolute Gasteiger partial charge is 0.402 e. The van der Waals surface area contributed by atoms with Crippen LogP contribution in [0.5, 0.6) is 0 Å². The average molecular weight is 318 g/mol. The van der Waals surface area contributed by atoms with E-state index in [-0.39, 0.29) is 23.4 Å². The predicted octanol–water partition coefficient (Wildman–Crippen LogP) is 1.76. The van der Waals surface area contributed by atoms with Gasteiger partial charge in [-0.25, -0.2) is 13.9 Å². The highest BCUT2D eigenvalue weighted by molar-refractivity contribution is 6.18. The van der Waals surface area contributed by atoms with E-state index >= 15 is 0 Å². The Morgan fingerprint density at radius 1 is 1.17 bits per heavy atom. The van der Waals surface area contributed by atoms with Crippen molar-refractivity contribution in [2.24, 2.45) is 4.99 Å². The number of aromatic nitrogens is 2. The minimum Gasteiger partial charge on any atom is -0.270 e. The highest BCUT2D eigenvalue weighted by atomic mass is 16.2. The Morgan fingerprint density at radius 3 is 2.30 bits per heavy atom. The SMILES string of the molecule is CC(C)n1c(C(C)(C)C)c[n+]2c1N=C1C2C(=O)N(C)C(=O)N1C. The number of nitrogens with zero attached hydrogens (tertiary/aromatic N) is 5. The maximum atomic E-state index is 12.6. The number of aliphatic imine (C=N–C) groups is 1. The lowest BCUT2D eigenvalue weighted by Gasteiger charge is -2.30. The number of rotatable bonds is 1. The van der Waals surface area contributed by atoms with Gasteiger partial charge in [-0.15, -0.1) is 0 Å². The maximum absolute atomic E-state index is 12.6. The second-order valence-corrected chi connectivity index (χ2v) is 7.55. The summed E-state index contributed by atoms with van der Waals surface area (Å²) < 4.78 is 4.05. The number of carbonyl (C=O) groups excluding carboxylic acids is 2. The Balaban J connectivity index is 2.24. The van der Waals surface area contributed by atoms with Crippen LogP contribution >= 0.6 is 0 Å². The van der Waals surface area contributed by atoms with Crippen molar-refractivity contribution in [1.82, 2.24) is 14.4 Å². The van der Waals surface area contributed by atoms with E-state index in [1.807, 2.05) is 10.8 Å². The van der Waals surface area contributed by atoms with Crippen molar-refractivity contribution in [3.8, 4) is 0 Å². The molecule has 1 unspecified atom stereocenters. The second-order valence-electron chi connectivity index (χ2n) is 7.55. The summed E-state index contributed by atoms with van der Waals surface area (Å²) in [5, 5.41) is 0. The average Bonchev–Trinajstić information content (AvgIpc) is 2.97. The number of amidine groups is 1. The minimum absolute atomic E-state index is 0.0668. The summed E-state index contributed by atoms with van der Waals surface area (Å²) in [6.07, 6.45) is 2.01. The van der Waals surface area contributed by atoms with Gasteiger partial charge < -0.3 is 0 Å². The quantitative estimate of drug-likeness (QED) is 0.741. The molecule has 0 saturated carbocycles. The van der Waals surface area contributed by atoms with Crippen LogP contribution in [-0.2, 0) is 10.2 Å². The first-order chi connectivity index (χ1) is 10.6. The Hall–Kier alpha value is -2.18. The summed E-state index contributed by atoms with van der Waals surface area (Å²) in [4.78, 5) is 32.0. The fourth-order valence-corrected chi connectivity index (χ4v) is 3.23. The molecule has 0 N–H and O–H groups in total. The molecular weight excluding hydrogens is 294 g/mol. The van der Waals surface area contributed by atoms with Crippen LogP contribution < -0.4 is 4.57 Å². The number of fused-ring (bicyclic) bond motifs is 3. The predicted molar refractivity (Wildman–Crippen MR) is 85.8 cm³/mol. The summed E-state index contributed by atoms with van der Waals surface area (Å²) in [5.41, 5.74) is 1.06. The zero-order chi connectivity index (χ0) is 17.3. The molecule has 1 aromatic rings. The summed E-state index contributed by atoms with van der Waals surface area (Å²) in [6.45, 7) is 10.6. The smallest absolute Gasteiger partial charge is 0.270 e. The second kappa shape index (κ2) is 4.66. The summed E-state index contributed by atoms with van der Waals surface area (Å²) in [6, 6.07) is -0.694.